The van der Waals surface area contributed by atoms with Gasteiger partial charge in [-0.25, -0.2) is 4.79 Å². The monoisotopic (exact) mass is 635 g/mol. The Morgan fingerprint density at radius 1 is 1.32 bits per heavy atom. The molecule has 4 N–H and O–H groups in total. The first-order valence-electron chi connectivity index (χ1n) is 14.5. The first-order valence-corrected chi connectivity index (χ1v) is 14.9. The Kier molecular flexibility index (Phi) is 10.0. The number of halogens is 1. The molecule has 12 nitrogen and oxygen atoms in total. The molecule has 44 heavy (non-hydrogen) atoms. The number of benzene rings is 1. The lowest BCUT2D eigenvalue weighted by Gasteiger charge is -2.41. The molecule has 242 valence electrons. The zero-order valence-corrected chi connectivity index (χ0v) is 26.8. The number of carbonyl (C=O) groups excluding carboxylic acids is 3. The van der Waals surface area contributed by atoms with Crippen molar-refractivity contribution in [1.82, 2.24) is 10.6 Å². The quantitative estimate of drug-likeness (QED) is 0.286. The fourth-order valence-electron chi connectivity index (χ4n) is 5.70. The first kappa shape index (κ1) is 33.7. The summed E-state index contributed by atoms with van der Waals surface area (Å²) >= 11 is 6.66. The Labute approximate surface area is 262 Å². The Bertz CT molecular complexity index is 1350. The van der Waals surface area contributed by atoms with Crippen LogP contribution in [0, 0.1) is 5.92 Å². The number of hydrogen-bond acceptors (Lipinski definition) is 10. The van der Waals surface area contributed by atoms with E-state index in [0.29, 0.717) is 17.9 Å². The summed E-state index contributed by atoms with van der Waals surface area (Å²) in [6.45, 7) is 7.02. The van der Waals surface area contributed by atoms with Crippen LogP contribution in [0.15, 0.2) is 35.9 Å². The third-order valence-corrected chi connectivity index (χ3v) is 9.15. The van der Waals surface area contributed by atoms with Gasteiger partial charge < -0.3 is 39.4 Å². The number of methoxy groups -OCH3 is 1. The number of esters is 1. The van der Waals surface area contributed by atoms with Gasteiger partial charge >= 0.3 is 12.1 Å². The van der Waals surface area contributed by atoms with Crippen molar-refractivity contribution in [2.24, 2.45) is 5.92 Å². The van der Waals surface area contributed by atoms with Crippen LogP contribution in [0.25, 0.3) is 0 Å². The summed E-state index contributed by atoms with van der Waals surface area (Å²) in [5.41, 5.74) is -1.03. The lowest BCUT2D eigenvalue weighted by Crippen LogP contribution is -2.63. The van der Waals surface area contributed by atoms with Crippen molar-refractivity contribution in [2.45, 2.75) is 88.7 Å². The third kappa shape index (κ3) is 6.89. The van der Waals surface area contributed by atoms with Gasteiger partial charge in [0.1, 0.15) is 40.7 Å². The van der Waals surface area contributed by atoms with Crippen LogP contribution >= 0.6 is 11.6 Å². The van der Waals surface area contributed by atoms with Gasteiger partial charge in [0, 0.05) is 19.4 Å². The zero-order valence-electron chi connectivity index (χ0n) is 26.0. The largest absolute Gasteiger partial charge is 0.495 e. The number of aliphatic hydroxyl groups excluding tert-OH is 1. The number of amides is 2. The summed E-state index contributed by atoms with van der Waals surface area (Å²) in [7, 11) is 4.69. The SMILES string of the molecule is CN[C@@H](C)C(=O)O[C@H]1CC(=O)N(C)c2cc(cc(OC)c2Cl)C/C(C)=C/C=C/[C@@H](O)[C@@]2(O)C[C@H](OC(=O)N2)[C@H](C)[C@H]2O[C@@]12C. The lowest BCUT2D eigenvalue weighted by atomic mass is 9.83. The number of carbonyl (C=O) groups is 3. The standard InChI is InChI=1S/C31H42ClN3O9/c1-16-9-8-10-23(36)31(40)15-22(42-29(39)34-31)17(2)27-30(4,44-27)24(43-28(38)18(3)33-5)14-25(37)35(6)20-12-19(11-16)13-21(41-7)26(20)32/h8-10,12-13,17-18,22-24,27,33,36,40H,11,14-15H2,1-7H3,(H,34,39)/b10-8+,16-9+/t17-,18-,22-,23+,24-,27+,30-,31-/m0/s1. The highest BCUT2D eigenvalue weighted by molar-refractivity contribution is 6.35. The minimum atomic E-state index is -2.01. The Morgan fingerprint density at radius 3 is 2.68 bits per heavy atom. The number of fused-ring (bicyclic) bond motifs is 5. The van der Waals surface area contributed by atoms with E-state index in [9.17, 15) is 24.6 Å². The molecule has 0 saturated carbocycles. The average molecular weight is 636 g/mol. The minimum absolute atomic E-state index is 0.142. The van der Waals surface area contributed by atoms with Crippen LogP contribution in [0.2, 0.25) is 5.02 Å². The molecular weight excluding hydrogens is 594 g/mol. The van der Waals surface area contributed by atoms with Crippen molar-refractivity contribution in [2.75, 3.05) is 26.1 Å². The number of aliphatic hydroxyl groups is 2. The minimum Gasteiger partial charge on any atom is -0.495 e. The third-order valence-electron chi connectivity index (χ3n) is 8.77. The summed E-state index contributed by atoms with van der Waals surface area (Å²) in [5.74, 6) is -1.09. The second-order valence-corrected chi connectivity index (χ2v) is 12.4. The number of likely N-dealkylation sites (N-methyl/N-ethyl adjacent to an activating group) is 1. The predicted octanol–water partition coefficient (Wildman–Crippen LogP) is 2.62. The van der Waals surface area contributed by atoms with E-state index in [1.54, 1.807) is 59.2 Å². The van der Waals surface area contributed by atoms with Gasteiger partial charge in [-0.2, -0.15) is 0 Å². The smallest absolute Gasteiger partial charge is 0.409 e. The second kappa shape index (κ2) is 13.1. The van der Waals surface area contributed by atoms with E-state index in [0.717, 1.165) is 11.1 Å². The number of rotatable bonds is 4. The van der Waals surface area contributed by atoms with Crippen molar-refractivity contribution in [1.29, 1.82) is 0 Å². The van der Waals surface area contributed by atoms with Crippen LogP contribution in [-0.4, -0.2) is 91.2 Å². The molecule has 13 heteroatoms. The first-order chi connectivity index (χ1) is 20.6. The van der Waals surface area contributed by atoms with Crippen molar-refractivity contribution < 1.29 is 43.5 Å². The number of alkyl carbamates (subject to hydrolysis) is 1. The van der Waals surface area contributed by atoms with Gasteiger partial charge in [0.15, 0.2) is 5.72 Å². The molecule has 4 bridgehead atoms. The normalized spacial score (nSPS) is 35.3. The van der Waals surface area contributed by atoms with E-state index >= 15 is 0 Å². The van der Waals surface area contributed by atoms with Gasteiger partial charge in [0.05, 0.1) is 25.3 Å². The van der Waals surface area contributed by atoms with Crippen LogP contribution in [0.5, 0.6) is 5.75 Å². The van der Waals surface area contributed by atoms with Crippen LogP contribution < -0.4 is 20.3 Å². The molecule has 0 radical (unpaired) electrons. The van der Waals surface area contributed by atoms with Gasteiger partial charge in [-0.15, -0.1) is 0 Å². The fourth-order valence-corrected chi connectivity index (χ4v) is 6.02. The maximum atomic E-state index is 13.8. The van der Waals surface area contributed by atoms with Crippen LogP contribution in [0.1, 0.15) is 46.1 Å². The molecule has 3 heterocycles. The van der Waals surface area contributed by atoms with E-state index in [4.69, 9.17) is 30.5 Å². The number of epoxide rings is 1. The molecule has 3 aliphatic heterocycles. The molecule has 3 aliphatic rings. The highest BCUT2D eigenvalue weighted by Gasteiger charge is 2.64. The Balaban J connectivity index is 1.78. The molecular formula is C31H42ClN3O9. The average Bonchev–Trinajstić information content (AvgIpc) is 3.67. The topological polar surface area (TPSA) is 159 Å². The van der Waals surface area contributed by atoms with Gasteiger partial charge in [-0.3, -0.25) is 14.9 Å². The number of nitrogens with one attached hydrogen (secondary N) is 2. The molecule has 0 aromatic heterocycles. The number of nitrogens with zero attached hydrogens (tertiary/aromatic N) is 1. The summed E-state index contributed by atoms with van der Waals surface area (Å²) in [5, 5.41) is 27.6. The van der Waals surface area contributed by atoms with Crippen molar-refractivity contribution >= 4 is 35.3 Å². The van der Waals surface area contributed by atoms with Crippen molar-refractivity contribution in [3.63, 3.8) is 0 Å². The zero-order chi connectivity index (χ0) is 32.6. The molecule has 0 aliphatic carbocycles. The molecule has 0 spiro atoms. The molecule has 1 aromatic carbocycles. The van der Waals surface area contributed by atoms with Gasteiger partial charge in [0.25, 0.3) is 0 Å². The van der Waals surface area contributed by atoms with Gasteiger partial charge in [-0.05, 0) is 51.9 Å². The van der Waals surface area contributed by atoms with E-state index in [2.05, 4.69) is 10.6 Å². The van der Waals surface area contributed by atoms with Crippen LogP contribution in [0.4, 0.5) is 10.5 Å². The summed E-state index contributed by atoms with van der Waals surface area (Å²) < 4.78 is 23.0. The number of ether oxygens (including phenoxy) is 4. The van der Waals surface area contributed by atoms with Crippen LogP contribution in [-0.2, 0) is 30.2 Å². The molecule has 2 fully saturated rings. The molecule has 1 aromatic rings. The van der Waals surface area contributed by atoms with E-state index < -0.39 is 59.8 Å². The molecule has 0 unspecified atom stereocenters. The van der Waals surface area contributed by atoms with Gasteiger partial charge in [0.2, 0.25) is 5.91 Å². The summed E-state index contributed by atoms with van der Waals surface area (Å²) in [6, 6.07) is 2.91. The fraction of sp³-hybridized carbons (Fsp3) is 0.581. The molecule has 2 amide bonds. The second-order valence-electron chi connectivity index (χ2n) is 12.0. The Morgan fingerprint density at radius 2 is 2.02 bits per heavy atom. The lowest BCUT2D eigenvalue weighted by molar-refractivity contribution is -0.155. The number of anilines is 1. The van der Waals surface area contributed by atoms with Crippen molar-refractivity contribution in [3.05, 3.63) is 46.5 Å². The Hall–Kier alpha value is -3.16. The van der Waals surface area contributed by atoms with E-state index in [1.807, 2.05) is 6.92 Å². The number of allylic oxidation sites excluding steroid dienone is 3. The highest BCUT2D eigenvalue weighted by Crippen LogP contribution is 2.49. The summed E-state index contributed by atoms with van der Waals surface area (Å²) in [4.78, 5) is 40.7. The number of hydrogen-bond donors (Lipinski definition) is 4. The van der Waals surface area contributed by atoms with E-state index in [1.165, 1.54) is 18.1 Å². The molecule has 2 saturated heterocycles. The van der Waals surface area contributed by atoms with Crippen LogP contribution in [0.3, 0.4) is 0 Å². The van der Waals surface area contributed by atoms with E-state index in [-0.39, 0.29) is 23.8 Å². The van der Waals surface area contributed by atoms with Gasteiger partial charge in [-0.1, -0.05) is 42.3 Å². The maximum absolute atomic E-state index is 13.8. The highest BCUT2D eigenvalue weighted by atomic mass is 35.5. The summed E-state index contributed by atoms with van der Waals surface area (Å²) in [6.07, 6.45) is -0.00556. The molecule has 4 rings (SSSR count). The predicted molar refractivity (Wildman–Crippen MR) is 162 cm³/mol. The maximum Gasteiger partial charge on any atom is 0.409 e. The molecule has 8 atom stereocenters. The van der Waals surface area contributed by atoms with Crippen molar-refractivity contribution in [3.8, 4) is 5.75 Å².